The fourth-order valence-corrected chi connectivity index (χ4v) is 1.76. The molecule has 0 radical (unpaired) electrons. The lowest BCUT2D eigenvalue weighted by atomic mass is 9.83. The van der Waals surface area contributed by atoms with Crippen molar-refractivity contribution in [3.05, 3.63) is 23.8 Å². The molecule has 5 nitrogen and oxygen atoms in total. The van der Waals surface area contributed by atoms with E-state index in [0.717, 1.165) is 6.07 Å². The lowest BCUT2D eigenvalue weighted by Gasteiger charge is -2.31. The van der Waals surface area contributed by atoms with Gasteiger partial charge in [-0.1, -0.05) is 0 Å². The molecule has 0 aliphatic heterocycles. The average molecular weight is 282 g/mol. The van der Waals surface area contributed by atoms with Gasteiger partial charge in [0, 0.05) is 6.07 Å². The number of ether oxygens (including phenoxy) is 1. The Kier molecular flexibility index (Phi) is 4.34. The van der Waals surface area contributed by atoms with Gasteiger partial charge in [0.1, 0.15) is 22.7 Å². The zero-order valence-corrected chi connectivity index (χ0v) is 12.5. The molecule has 0 aliphatic rings. The molecule has 0 aliphatic carbocycles. The molecular formula is C15H22O5. The van der Waals surface area contributed by atoms with Crippen LogP contribution < -0.4 is 0 Å². The average Bonchev–Trinajstić information content (AvgIpc) is 2.24. The van der Waals surface area contributed by atoms with E-state index in [1.807, 2.05) is 0 Å². The molecule has 0 saturated carbocycles. The molecule has 1 rings (SSSR count). The second kappa shape index (κ2) is 5.32. The number of rotatable bonds is 3. The number of carbonyl (C=O) groups excluding carboxylic acids is 1. The molecule has 2 unspecified atom stereocenters. The number of phenols is 2. The van der Waals surface area contributed by atoms with Crippen LogP contribution in [0, 0.1) is 5.92 Å². The smallest absolute Gasteiger partial charge is 0.312 e. The van der Waals surface area contributed by atoms with Crippen LogP contribution in [0.3, 0.4) is 0 Å². The zero-order valence-electron chi connectivity index (χ0n) is 12.5. The van der Waals surface area contributed by atoms with Gasteiger partial charge >= 0.3 is 5.97 Å². The minimum atomic E-state index is -1.57. The summed E-state index contributed by atoms with van der Waals surface area (Å²) in [7, 11) is 0. The van der Waals surface area contributed by atoms with Gasteiger partial charge in [-0.15, -0.1) is 0 Å². The van der Waals surface area contributed by atoms with E-state index in [9.17, 15) is 20.1 Å². The Hall–Kier alpha value is -1.75. The summed E-state index contributed by atoms with van der Waals surface area (Å²) in [5.74, 6) is -1.78. The topological polar surface area (TPSA) is 87.0 Å². The number of hydrogen-bond donors (Lipinski definition) is 3. The van der Waals surface area contributed by atoms with Crippen LogP contribution in [0.25, 0.3) is 0 Å². The Labute approximate surface area is 118 Å². The highest BCUT2D eigenvalue weighted by Crippen LogP contribution is 2.35. The van der Waals surface area contributed by atoms with Crippen molar-refractivity contribution in [2.24, 2.45) is 5.92 Å². The largest absolute Gasteiger partial charge is 0.508 e. The predicted octanol–water partition coefficient (Wildman–Crippen LogP) is 2.28. The SMILES string of the molecule is CC(C(=O)OC(C)(C)C)C(C)(O)c1cc(O)cc(O)c1. The molecule has 0 bridgehead atoms. The Bertz CT molecular complexity index is 479. The maximum absolute atomic E-state index is 12.0. The third-order valence-electron chi connectivity index (χ3n) is 3.09. The number of benzene rings is 1. The normalized spacial score (nSPS) is 16.3. The highest BCUT2D eigenvalue weighted by Gasteiger charge is 2.38. The number of aliphatic hydroxyl groups is 1. The molecule has 0 heterocycles. The Morgan fingerprint density at radius 3 is 1.95 bits per heavy atom. The summed E-state index contributed by atoms with van der Waals surface area (Å²) in [4.78, 5) is 12.0. The van der Waals surface area contributed by atoms with E-state index in [1.165, 1.54) is 26.0 Å². The third-order valence-corrected chi connectivity index (χ3v) is 3.09. The first-order valence-corrected chi connectivity index (χ1v) is 6.42. The summed E-state index contributed by atoms with van der Waals surface area (Å²) < 4.78 is 5.24. The third kappa shape index (κ3) is 3.87. The number of carbonyl (C=O) groups is 1. The minimum absolute atomic E-state index is 0.184. The molecule has 0 saturated heterocycles. The zero-order chi connectivity index (χ0) is 15.7. The van der Waals surface area contributed by atoms with E-state index in [-0.39, 0.29) is 17.1 Å². The van der Waals surface area contributed by atoms with Crippen molar-refractivity contribution in [1.29, 1.82) is 0 Å². The van der Waals surface area contributed by atoms with Gasteiger partial charge in [0.2, 0.25) is 0 Å². The van der Waals surface area contributed by atoms with Crippen LogP contribution in [0.15, 0.2) is 18.2 Å². The first-order chi connectivity index (χ1) is 8.93. The molecule has 5 heteroatoms. The van der Waals surface area contributed by atoms with Crippen LogP contribution in [0.4, 0.5) is 0 Å². The van der Waals surface area contributed by atoms with Crippen molar-refractivity contribution in [2.75, 3.05) is 0 Å². The van der Waals surface area contributed by atoms with Gasteiger partial charge in [0.05, 0.1) is 5.92 Å². The lowest BCUT2D eigenvalue weighted by molar-refractivity contribution is -0.168. The first-order valence-electron chi connectivity index (χ1n) is 6.42. The monoisotopic (exact) mass is 282 g/mol. The number of phenolic OH excluding ortho intramolecular Hbond substituents is 2. The van der Waals surface area contributed by atoms with E-state index >= 15 is 0 Å². The second-order valence-electron chi connectivity index (χ2n) is 6.14. The molecule has 112 valence electrons. The molecule has 0 spiro atoms. The highest BCUT2D eigenvalue weighted by atomic mass is 16.6. The Morgan fingerprint density at radius 1 is 1.10 bits per heavy atom. The van der Waals surface area contributed by atoms with Crippen molar-refractivity contribution in [2.45, 2.75) is 45.8 Å². The van der Waals surface area contributed by atoms with Crippen LogP contribution in [0.5, 0.6) is 11.5 Å². The van der Waals surface area contributed by atoms with E-state index < -0.39 is 23.1 Å². The molecule has 0 amide bonds. The van der Waals surface area contributed by atoms with Crippen LogP contribution in [-0.2, 0) is 15.1 Å². The van der Waals surface area contributed by atoms with Gasteiger partial charge in [0.25, 0.3) is 0 Å². The van der Waals surface area contributed by atoms with Crippen LogP contribution in [0.2, 0.25) is 0 Å². The molecule has 3 N–H and O–H groups in total. The summed E-state index contributed by atoms with van der Waals surface area (Å²) in [6.45, 7) is 8.20. The van der Waals surface area contributed by atoms with Crippen molar-refractivity contribution < 1.29 is 24.9 Å². The Morgan fingerprint density at radius 2 is 1.55 bits per heavy atom. The first kappa shape index (κ1) is 16.3. The maximum atomic E-state index is 12.0. The van der Waals surface area contributed by atoms with E-state index in [2.05, 4.69) is 0 Å². The van der Waals surface area contributed by atoms with Crippen molar-refractivity contribution in [3.8, 4) is 11.5 Å². The van der Waals surface area contributed by atoms with Gasteiger partial charge in [0.15, 0.2) is 0 Å². The van der Waals surface area contributed by atoms with Gasteiger partial charge < -0.3 is 20.1 Å². The maximum Gasteiger partial charge on any atom is 0.312 e. The predicted molar refractivity (Wildman–Crippen MR) is 74.4 cm³/mol. The fraction of sp³-hybridized carbons (Fsp3) is 0.533. The van der Waals surface area contributed by atoms with E-state index in [0.29, 0.717) is 0 Å². The van der Waals surface area contributed by atoms with Crippen molar-refractivity contribution in [3.63, 3.8) is 0 Å². The fourth-order valence-electron chi connectivity index (χ4n) is 1.76. The van der Waals surface area contributed by atoms with Gasteiger partial charge in [-0.2, -0.15) is 0 Å². The molecular weight excluding hydrogens is 260 g/mol. The second-order valence-corrected chi connectivity index (χ2v) is 6.14. The molecule has 0 aromatic heterocycles. The quantitative estimate of drug-likeness (QED) is 0.740. The summed E-state index contributed by atoms with van der Waals surface area (Å²) in [6.07, 6.45) is 0. The molecule has 2 atom stereocenters. The Balaban J connectivity index is 3.05. The highest BCUT2D eigenvalue weighted by molar-refractivity contribution is 5.74. The lowest BCUT2D eigenvalue weighted by Crippen LogP contribution is -2.39. The van der Waals surface area contributed by atoms with Crippen LogP contribution in [0.1, 0.15) is 40.2 Å². The summed E-state index contributed by atoms with van der Waals surface area (Å²) >= 11 is 0. The standard InChI is InChI=1S/C15H22O5/c1-9(13(18)20-14(2,3)4)15(5,19)10-6-11(16)8-12(17)7-10/h6-9,16-17,19H,1-5H3. The number of aromatic hydroxyl groups is 2. The number of hydrogen-bond acceptors (Lipinski definition) is 5. The molecule has 20 heavy (non-hydrogen) atoms. The van der Waals surface area contributed by atoms with Gasteiger partial charge in [-0.3, -0.25) is 4.79 Å². The molecule has 0 fully saturated rings. The molecule has 1 aromatic rings. The van der Waals surface area contributed by atoms with E-state index in [1.54, 1.807) is 20.8 Å². The summed E-state index contributed by atoms with van der Waals surface area (Å²) in [5, 5.41) is 29.5. The van der Waals surface area contributed by atoms with Crippen LogP contribution in [-0.4, -0.2) is 26.9 Å². The van der Waals surface area contributed by atoms with E-state index in [4.69, 9.17) is 4.74 Å². The summed E-state index contributed by atoms with van der Waals surface area (Å²) in [6, 6.07) is 3.76. The number of esters is 1. The van der Waals surface area contributed by atoms with Crippen molar-refractivity contribution >= 4 is 5.97 Å². The summed E-state index contributed by atoms with van der Waals surface area (Å²) in [5.41, 5.74) is -1.98. The van der Waals surface area contributed by atoms with Gasteiger partial charge in [-0.25, -0.2) is 0 Å². The van der Waals surface area contributed by atoms with Crippen molar-refractivity contribution in [1.82, 2.24) is 0 Å². The minimum Gasteiger partial charge on any atom is -0.508 e. The molecule has 1 aromatic carbocycles. The van der Waals surface area contributed by atoms with Gasteiger partial charge in [-0.05, 0) is 52.3 Å². The van der Waals surface area contributed by atoms with Crippen LogP contribution >= 0.6 is 0 Å².